The quantitative estimate of drug-likeness (QED) is 0.912. The van der Waals surface area contributed by atoms with E-state index in [4.69, 9.17) is 4.42 Å². The second kappa shape index (κ2) is 5.85. The smallest absolute Gasteiger partial charge is 0.227 e. The molecule has 1 amide bonds. The molecular weight excluding hydrogens is 324 g/mol. The van der Waals surface area contributed by atoms with Gasteiger partial charge in [0.05, 0.1) is 23.6 Å². The predicted molar refractivity (Wildman–Crippen MR) is 83.5 cm³/mol. The first-order valence-corrected chi connectivity index (χ1v) is 9.68. The summed E-state index contributed by atoms with van der Waals surface area (Å²) in [6.07, 6.45) is 0.571. The van der Waals surface area contributed by atoms with Gasteiger partial charge in [-0.05, 0) is 24.8 Å². The number of hydrogen-bond acceptors (Lipinski definition) is 6. The van der Waals surface area contributed by atoms with Gasteiger partial charge in [-0.15, -0.1) is 0 Å². The first kappa shape index (κ1) is 15.2. The van der Waals surface area contributed by atoms with Crippen molar-refractivity contribution in [2.24, 2.45) is 0 Å². The maximum atomic E-state index is 12.0. The van der Waals surface area contributed by atoms with Crippen molar-refractivity contribution < 1.29 is 17.6 Å². The fraction of sp³-hybridized carbons (Fsp3) is 0.429. The van der Waals surface area contributed by atoms with Crippen LogP contribution in [0.5, 0.6) is 0 Å². The van der Waals surface area contributed by atoms with E-state index in [1.54, 1.807) is 18.3 Å². The largest absolute Gasteiger partial charge is 0.441 e. The van der Waals surface area contributed by atoms with Crippen LogP contribution in [0, 0.1) is 6.92 Å². The van der Waals surface area contributed by atoms with Gasteiger partial charge in [0.2, 0.25) is 11.8 Å². The maximum absolute atomic E-state index is 12.0. The normalized spacial score (nSPS) is 20.1. The van der Waals surface area contributed by atoms with Crippen molar-refractivity contribution in [3.05, 3.63) is 28.3 Å². The molecular formula is C14H16N2O4S2. The van der Waals surface area contributed by atoms with Crippen LogP contribution in [0.15, 0.2) is 21.2 Å². The van der Waals surface area contributed by atoms with Crippen LogP contribution in [0.4, 0.5) is 0 Å². The number of hydrogen-bond donors (Lipinski definition) is 1. The molecule has 6 nitrogen and oxygen atoms in total. The molecule has 22 heavy (non-hydrogen) atoms. The van der Waals surface area contributed by atoms with Crippen LogP contribution in [0.1, 0.15) is 17.9 Å². The minimum absolute atomic E-state index is 0.0245. The van der Waals surface area contributed by atoms with E-state index >= 15 is 0 Å². The van der Waals surface area contributed by atoms with E-state index in [-0.39, 0.29) is 29.9 Å². The van der Waals surface area contributed by atoms with Crippen LogP contribution in [0.3, 0.4) is 0 Å². The van der Waals surface area contributed by atoms with Crippen LogP contribution in [0.25, 0.3) is 11.5 Å². The first-order chi connectivity index (χ1) is 10.4. The molecule has 3 rings (SSSR count). The topological polar surface area (TPSA) is 89.3 Å². The maximum Gasteiger partial charge on any atom is 0.227 e. The van der Waals surface area contributed by atoms with Crippen LogP contribution < -0.4 is 5.32 Å². The number of nitrogens with zero attached hydrogens (tertiary/aromatic N) is 1. The van der Waals surface area contributed by atoms with E-state index in [1.807, 2.05) is 16.8 Å². The Balaban J connectivity index is 1.65. The number of aryl methyl sites for hydroxylation is 1. The fourth-order valence-electron chi connectivity index (χ4n) is 2.44. The van der Waals surface area contributed by atoms with E-state index in [0.29, 0.717) is 23.8 Å². The van der Waals surface area contributed by atoms with Crippen LogP contribution in [0.2, 0.25) is 0 Å². The summed E-state index contributed by atoms with van der Waals surface area (Å²) in [6, 6.07) is 1.62. The second-order valence-corrected chi connectivity index (χ2v) is 8.39. The zero-order valence-electron chi connectivity index (χ0n) is 12.0. The Bertz CT molecular complexity index is 778. The molecule has 1 atom stereocenters. The molecule has 1 aliphatic rings. The zero-order valence-corrected chi connectivity index (χ0v) is 13.7. The summed E-state index contributed by atoms with van der Waals surface area (Å²) in [6.45, 7) is 1.77. The number of oxazole rings is 1. The lowest BCUT2D eigenvalue weighted by molar-refractivity contribution is -0.121. The molecule has 2 aromatic rings. The number of carbonyl (C=O) groups excluding carboxylic acids is 1. The number of nitrogens with one attached hydrogen (secondary N) is 1. The average molecular weight is 340 g/mol. The number of thiophene rings is 1. The van der Waals surface area contributed by atoms with Crippen molar-refractivity contribution in [3.63, 3.8) is 0 Å². The van der Waals surface area contributed by atoms with Gasteiger partial charge in [-0.3, -0.25) is 4.79 Å². The third kappa shape index (κ3) is 3.38. The molecule has 0 bridgehead atoms. The highest BCUT2D eigenvalue weighted by atomic mass is 32.2. The van der Waals surface area contributed by atoms with Crippen molar-refractivity contribution in [2.45, 2.75) is 25.8 Å². The molecule has 0 aromatic carbocycles. The third-order valence-corrected chi connectivity index (χ3v) is 6.04. The third-order valence-electron chi connectivity index (χ3n) is 3.59. The lowest BCUT2D eigenvalue weighted by atomic mass is 10.2. The lowest BCUT2D eigenvalue weighted by Crippen LogP contribution is -2.36. The monoisotopic (exact) mass is 340 g/mol. The Morgan fingerprint density at radius 2 is 2.36 bits per heavy atom. The molecule has 0 aliphatic carbocycles. The highest BCUT2D eigenvalue weighted by Gasteiger charge is 2.29. The minimum Gasteiger partial charge on any atom is -0.441 e. The summed E-state index contributed by atoms with van der Waals surface area (Å²) in [7, 11) is -3.00. The Labute approximate surface area is 132 Å². The van der Waals surface area contributed by atoms with Crippen LogP contribution >= 0.6 is 11.3 Å². The Kier molecular flexibility index (Phi) is 4.05. The van der Waals surface area contributed by atoms with Crippen molar-refractivity contribution in [1.29, 1.82) is 0 Å². The molecule has 1 aliphatic heterocycles. The van der Waals surface area contributed by atoms with Gasteiger partial charge in [0, 0.05) is 17.0 Å². The second-order valence-electron chi connectivity index (χ2n) is 5.38. The first-order valence-electron chi connectivity index (χ1n) is 6.91. The van der Waals surface area contributed by atoms with Gasteiger partial charge < -0.3 is 9.73 Å². The fourth-order valence-corrected chi connectivity index (χ4v) is 4.74. The summed E-state index contributed by atoms with van der Waals surface area (Å²) in [5, 5.41) is 6.62. The average Bonchev–Trinajstić information content (AvgIpc) is 3.12. The molecule has 1 saturated heterocycles. The van der Waals surface area contributed by atoms with E-state index in [2.05, 4.69) is 10.3 Å². The lowest BCUT2D eigenvalue weighted by Gasteiger charge is -2.09. The standard InChI is InChI=1S/C14H16N2O4S2/c1-9-12(16-14(20-9)10-2-4-21-7-10)6-13(17)15-11-3-5-22(18,19)8-11/h2,4,7,11H,3,5-6,8H2,1H3,(H,15,17). The van der Waals surface area contributed by atoms with Crippen LogP contribution in [-0.2, 0) is 21.1 Å². The summed E-state index contributed by atoms with van der Waals surface area (Å²) < 4.78 is 28.4. The summed E-state index contributed by atoms with van der Waals surface area (Å²) >= 11 is 1.55. The Morgan fingerprint density at radius 1 is 1.55 bits per heavy atom. The van der Waals surface area contributed by atoms with Gasteiger partial charge in [-0.25, -0.2) is 13.4 Å². The molecule has 118 valence electrons. The molecule has 0 spiro atoms. The number of rotatable bonds is 4. The Morgan fingerprint density at radius 3 is 3.00 bits per heavy atom. The summed E-state index contributed by atoms with van der Waals surface area (Å²) in [4.78, 5) is 16.4. The van der Waals surface area contributed by atoms with Crippen LogP contribution in [-0.4, -0.2) is 36.9 Å². The van der Waals surface area contributed by atoms with E-state index in [9.17, 15) is 13.2 Å². The van der Waals surface area contributed by atoms with Gasteiger partial charge in [0.25, 0.3) is 0 Å². The number of amides is 1. The molecule has 0 radical (unpaired) electrons. The number of carbonyl (C=O) groups is 1. The van der Waals surface area contributed by atoms with Gasteiger partial charge in [0.1, 0.15) is 5.76 Å². The minimum atomic E-state index is -3.00. The van der Waals surface area contributed by atoms with E-state index in [0.717, 1.165) is 5.56 Å². The van der Waals surface area contributed by atoms with Gasteiger partial charge >= 0.3 is 0 Å². The van der Waals surface area contributed by atoms with Gasteiger partial charge in [0.15, 0.2) is 9.84 Å². The predicted octanol–water partition coefficient (Wildman–Crippen LogP) is 1.56. The molecule has 3 heterocycles. The van der Waals surface area contributed by atoms with Crippen molar-refractivity contribution in [3.8, 4) is 11.5 Å². The Hall–Kier alpha value is -1.67. The zero-order chi connectivity index (χ0) is 15.7. The number of aromatic nitrogens is 1. The highest BCUT2D eigenvalue weighted by Crippen LogP contribution is 2.24. The molecule has 8 heteroatoms. The van der Waals surface area contributed by atoms with E-state index < -0.39 is 9.84 Å². The summed E-state index contributed by atoms with van der Waals surface area (Å²) in [5.41, 5.74) is 1.47. The highest BCUT2D eigenvalue weighted by molar-refractivity contribution is 7.91. The molecule has 1 unspecified atom stereocenters. The summed E-state index contributed by atoms with van der Waals surface area (Å²) in [5.74, 6) is 1.05. The molecule has 1 fully saturated rings. The van der Waals surface area contributed by atoms with Crippen molar-refractivity contribution >= 4 is 27.1 Å². The van der Waals surface area contributed by atoms with Gasteiger partial charge in [-0.1, -0.05) is 0 Å². The van der Waals surface area contributed by atoms with Crippen molar-refractivity contribution in [1.82, 2.24) is 10.3 Å². The number of sulfone groups is 1. The van der Waals surface area contributed by atoms with Gasteiger partial charge in [-0.2, -0.15) is 11.3 Å². The molecule has 2 aromatic heterocycles. The molecule has 0 saturated carbocycles. The molecule has 1 N–H and O–H groups in total. The van der Waals surface area contributed by atoms with Crippen molar-refractivity contribution in [2.75, 3.05) is 11.5 Å². The van der Waals surface area contributed by atoms with E-state index in [1.165, 1.54) is 0 Å². The SMILES string of the molecule is Cc1oc(-c2ccsc2)nc1CC(=O)NC1CCS(=O)(=O)C1.